The highest BCUT2D eigenvalue weighted by Crippen LogP contribution is 2.16. The number of urea groups is 1. The van der Waals surface area contributed by atoms with Gasteiger partial charge in [0.15, 0.2) is 0 Å². The molecule has 0 aliphatic carbocycles. The number of carbonyl (C=O) groups excluding carboxylic acids is 1. The third kappa shape index (κ3) is 4.60. The number of rotatable bonds is 5. The van der Waals surface area contributed by atoms with Crippen LogP contribution in [-0.4, -0.2) is 42.4 Å². The summed E-state index contributed by atoms with van der Waals surface area (Å²) in [6.45, 7) is 5.09. The molecule has 0 bridgehead atoms. The Morgan fingerprint density at radius 3 is 2.76 bits per heavy atom. The first-order chi connectivity index (χ1) is 7.93. The first-order valence-corrected chi connectivity index (χ1v) is 5.79. The number of ether oxygens (including phenoxy) is 1. The lowest BCUT2D eigenvalue weighted by Crippen LogP contribution is -2.51. The SMILES string of the molecule is CC(CCNC(=O)NC1(C)CCOC1)C(=O)O. The average Bonchev–Trinajstić information content (AvgIpc) is 2.64. The maximum absolute atomic E-state index is 11.5. The minimum absolute atomic E-state index is 0.268. The second-order valence-corrected chi connectivity index (χ2v) is 4.77. The van der Waals surface area contributed by atoms with Crippen LogP contribution in [0, 0.1) is 5.92 Å². The van der Waals surface area contributed by atoms with Gasteiger partial charge in [0, 0.05) is 13.2 Å². The molecule has 0 aromatic rings. The lowest BCUT2D eigenvalue weighted by Gasteiger charge is -2.23. The summed E-state index contributed by atoms with van der Waals surface area (Å²) in [5.41, 5.74) is -0.303. The minimum atomic E-state index is -0.844. The van der Waals surface area contributed by atoms with E-state index in [0.717, 1.165) is 6.42 Å². The molecule has 0 aromatic carbocycles. The molecule has 6 nitrogen and oxygen atoms in total. The van der Waals surface area contributed by atoms with Crippen LogP contribution in [-0.2, 0) is 9.53 Å². The molecule has 0 saturated carbocycles. The fraction of sp³-hybridized carbons (Fsp3) is 0.818. The topological polar surface area (TPSA) is 87.7 Å². The third-order valence-corrected chi connectivity index (χ3v) is 2.92. The fourth-order valence-corrected chi connectivity index (χ4v) is 1.61. The molecule has 1 fully saturated rings. The van der Waals surface area contributed by atoms with E-state index in [-0.39, 0.29) is 11.6 Å². The van der Waals surface area contributed by atoms with Crippen molar-refractivity contribution in [1.29, 1.82) is 0 Å². The number of hydrogen-bond acceptors (Lipinski definition) is 3. The summed E-state index contributed by atoms with van der Waals surface area (Å²) in [4.78, 5) is 22.1. The monoisotopic (exact) mass is 244 g/mol. The van der Waals surface area contributed by atoms with Gasteiger partial charge in [-0.15, -0.1) is 0 Å². The number of nitrogens with one attached hydrogen (secondary N) is 2. The molecule has 1 saturated heterocycles. The predicted octanol–water partition coefficient (Wildman–Crippen LogP) is 0.575. The molecule has 17 heavy (non-hydrogen) atoms. The Balaban J connectivity index is 2.19. The Kier molecular flexibility index (Phi) is 4.74. The van der Waals surface area contributed by atoms with Gasteiger partial charge in [0.25, 0.3) is 0 Å². The molecular formula is C11H20N2O4. The Labute approximate surface area is 101 Å². The molecule has 0 aromatic heterocycles. The van der Waals surface area contributed by atoms with Gasteiger partial charge in [-0.25, -0.2) is 4.79 Å². The van der Waals surface area contributed by atoms with Crippen LogP contribution in [0.2, 0.25) is 0 Å². The normalized spacial score (nSPS) is 25.3. The fourth-order valence-electron chi connectivity index (χ4n) is 1.61. The van der Waals surface area contributed by atoms with Crippen LogP contribution in [0.3, 0.4) is 0 Å². The quantitative estimate of drug-likeness (QED) is 0.660. The Bertz CT molecular complexity index is 287. The van der Waals surface area contributed by atoms with Gasteiger partial charge in [-0.05, 0) is 19.8 Å². The van der Waals surface area contributed by atoms with Crippen molar-refractivity contribution in [3.63, 3.8) is 0 Å². The maximum Gasteiger partial charge on any atom is 0.315 e. The van der Waals surface area contributed by atoms with Crippen LogP contribution >= 0.6 is 0 Å². The molecule has 2 unspecified atom stereocenters. The van der Waals surface area contributed by atoms with E-state index in [0.29, 0.717) is 26.2 Å². The summed E-state index contributed by atoms with van der Waals surface area (Å²) in [6.07, 6.45) is 1.22. The number of carboxylic acid groups (broad SMARTS) is 1. The highest BCUT2D eigenvalue weighted by molar-refractivity contribution is 5.75. The zero-order valence-corrected chi connectivity index (χ0v) is 10.3. The van der Waals surface area contributed by atoms with Crippen molar-refractivity contribution in [3.8, 4) is 0 Å². The number of carbonyl (C=O) groups is 2. The highest BCUT2D eigenvalue weighted by atomic mass is 16.5. The lowest BCUT2D eigenvalue weighted by molar-refractivity contribution is -0.141. The molecule has 2 atom stereocenters. The lowest BCUT2D eigenvalue weighted by atomic mass is 10.0. The predicted molar refractivity (Wildman–Crippen MR) is 61.8 cm³/mol. The molecular weight excluding hydrogens is 224 g/mol. The third-order valence-electron chi connectivity index (χ3n) is 2.92. The molecule has 0 radical (unpaired) electrons. The Hall–Kier alpha value is -1.30. The van der Waals surface area contributed by atoms with E-state index in [1.165, 1.54) is 0 Å². The minimum Gasteiger partial charge on any atom is -0.481 e. The molecule has 98 valence electrons. The zero-order chi connectivity index (χ0) is 12.9. The van der Waals surface area contributed by atoms with E-state index < -0.39 is 11.9 Å². The second kappa shape index (κ2) is 5.86. The summed E-state index contributed by atoms with van der Waals surface area (Å²) >= 11 is 0. The van der Waals surface area contributed by atoms with Gasteiger partial charge in [-0.3, -0.25) is 4.79 Å². The Morgan fingerprint density at radius 1 is 1.53 bits per heavy atom. The summed E-state index contributed by atoms with van der Waals surface area (Å²) < 4.78 is 5.21. The van der Waals surface area contributed by atoms with Crippen molar-refractivity contribution < 1.29 is 19.4 Å². The number of hydrogen-bond donors (Lipinski definition) is 3. The average molecular weight is 244 g/mol. The summed E-state index contributed by atoms with van der Waals surface area (Å²) in [5.74, 6) is -1.29. The first kappa shape index (κ1) is 13.8. The first-order valence-electron chi connectivity index (χ1n) is 5.79. The summed E-state index contributed by atoms with van der Waals surface area (Å²) in [6, 6.07) is -0.268. The molecule has 1 aliphatic heterocycles. The standard InChI is InChI=1S/C11H20N2O4/c1-8(9(14)15)3-5-12-10(16)13-11(2)4-6-17-7-11/h8H,3-7H2,1-2H3,(H,14,15)(H2,12,13,16). The molecule has 3 N–H and O–H groups in total. The van der Waals surface area contributed by atoms with Gasteiger partial charge in [-0.2, -0.15) is 0 Å². The number of amides is 2. The molecule has 1 heterocycles. The molecule has 0 spiro atoms. The van der Waals surface area contributed by atoms with E-state index in [9.17, 15) is 9.59 Å². The van der Waals surface area contributed by atoms with Crippen molar-refractivity contribution in [3.05, 3.63) is 0 Å². The van der Waals surface area contributed by atoms with Crippen LogP contribution in [0.25, 0.3) is 0 Å². The molecule has 1 rings (SSSR count). The van der Waals surface area contributed by atoms with Crippen molar-refractivity contribution in [1.82, 2.24) is 10.6 Å². The molecule has 2 amide bonds. The van der Waals surface area contributed by atoms with Crippen LogP contribution in [0.1, 0.15) is 26.7 Å². The highest BCUT2D eigenvalue weighted by Gasteiger charge is 2.31. The van der Waals surface area contributed by atoms with Gasteiger partial charge in [0.1, 0.15) is 0 Å². The van der Waals surface area contributed by atoms with Gasteiger partial charge in [0.2, 0.25) is 0 Å². The number of aliphatic carboxylic acids is 1. The van der Waals surface area contributed by atoms with E-state index in [4.69, 9.17) is 9.84 Å². The largest absolute Gasteiger partial charge is 0.481 e. The van der Waals surface area contributed by atoms with Crippen LogP contribution in [0.4, 0.5) is 4.79 Å². The van der Waals surface area contributed by atoms with Gasteiger partial charge >= 0.3 is 12.0 Å². The van der Waals surface area contributed by atoms with E-state index in [1.54, 1.807) is 6.92 Å². The molecule has 1 aliphatic rings. The van der Waals surface area contributed by atoms with E-state index >= 15 is 0 Å². The van der Waals surface area contributed by atoms with Crippen LogP contribution < -0.4 is 10.6 Å². The number of carboxylic acids is 1. The van der Waals surface area contributed by atoms with Crippen molar-refractivity contribution >= 4 is 12.0 Å². The van der Waals surface area contributed by atoms with Gasteiger partial charge in [-0.1, -0.05) is 6.92 Å². The maximum atomic E-state index is 11.5. The van der Waals surface area contributed by atoms with Gasteiger partial charge in [0.05, 0.1) is 18.1 Å². The zero-order valence-electron chi connectivity index (χ0n) is 10.3. The van der Waals surface area contributed by atoms with Crippen molar-refractivity contribution in [2.45, 2.75) is 32.2 Å². The molecule has 6 heteroatoms. The van der Waals surface area contributed by atoms with Gasteiger partial charge < -0.3 is 20.5 Å². The Morgan fingerprint density at radius 2 is 2.24 bits per heavy atom. The second-order valence-electron chi connectivity index (χ2n) is 4.77. The van der Waals surface area contributed by atoms with Crippen molar-refractivity contribution in [2.24, 2.45) is 5.92 Å². The van der Waals surface area contributed by atoms with Crippen molar-refractivity contribution in [2.75, 3.05) is 19.8 Å². The summed E-state index contributed by atoms with van der Waals surface area (Å²) in [7, 11) is 0. The van der Waals surface area contributed by atoms with E-state index in [2.05, 4.69) is 10.6 Å². The summed E-state index contributed by atoms with van der Waals surface area (Å²) in [5, 5.41) is 14.2. The smallest absolute Gasteiger partial charge is 0.315 e. The van der Waals surface area contributed by atoms with E-state index in [1.807, 2.05) is 6.92 Å². The van der Waals surface area contributed by atoms with Crippen LogP contribution in [0.5, 0.6) is 0 Å². The van der Waals surface area contributed by atoms with Crippen LogP contribution in [0.15, 0.2) is 0 Å².